The van der Waals surface area contributed by atoms with E-state index in [4.69, 9.17) is 0 Å². The second kappa shape index (κ2) is 13.2. The monoisotopic (exact) mass is 721 g/mol. The molecule has 0 spiro atoms. The van der Waals surface area contributed by atoms with E-state index in [9.17, 15) is 58.3 Å². The van der Waals surface area contributed by atoms with E-state index in [-0.39, 0.29) is 25.1 Å². The molecule has 264 valence electrons. The van der Waals surface area contributed by atoms with E-state index >= 15 is 0 Å². The molecule has 1 unspecified atom stereocenters. The third-order valence-corrected chi connectivity index (χ3v) is 11.6. The highest BCUT2D eigenvalue weighted by Gasteiger charge is 2.73. The largest absolute Gasteiger partial charge is 0.430 e. The number of nitriles is 1. The molecule has 2 heterocycles. The van der Waals surface area contributed by atoms with Gasteiger partial charge in [0, 0.05) is 37.3 Å². The lowest BCUT2D eigenvalue weighted by Crippen LogP contribution is -2.56. The number of hydrogen-bond donors (Lipinski definition) is 1. The highest BCUT2D eigenvalue weighted by Crippen LogP contribution is 2.54. The Morgan fingerprint density at radius 3 is 2.02 bits per heavy atom. The topological polar surface area (TPSA) is 93.9 Å². The number of rotatable bonds is 9. The van der Waals surface area contributed by atoms with Crippen LogP contribution in [0.4, 0.5) is 39.5 Å². The first-order chi connectivity index (χ1) is 22.9. The maximum absolute atomic E-state index is 14.5. The van der Waals surface area contributed by atoms with Gasteiger partial charge in [-0.05, 0) is 54.8 Å². The summed E-state index contributed by atoms with van der Waals surface area (Å²) in [5, 5.41) is 20.4. The molecular formula is C32H28F9N3O4S. The molecule has 17 heteroatoms. The van der Waals surface area contributed by atoms with E-state index in [0.717, 1.165) is 42.5 Å². The van der Waals surface area contributed by atoms with Crippen molar-refractivity contribution in [2.24, 2.45) is 5.92 Å². The Balaban J connectivity index is 1.59. The maximum Gasteiger partial charge on any atom is 0.430 e. The Labute approximate surface area is 275 Å². The molecule has 2 aliphatic rings. The predicted octanol–water partition coefficient (Wildman–Crippen LogP) is 6.14. The Morgan fingerprint density at radius 2 is 1.49 bits per heavy atom. The number of hydrogen-bond acceptors (Lipinski definition) is 7. The lowest BCUT2D eigenvalue weighted by molar-refractivity contribution is -0.392. The molecule has 1 N–H and O–H groups in total. The van der Waals surface area contributed by atoms with Crippen molar-refractivity contribution in [2.45, 2.75) is 53.4 Å². The number of alkyl halides is 6. The van der Waals surface area contributed by atoms with Crippen LogP contribution in [0.25, 0.3) is 0 Å². The highest BCUT2D eigenvalue weighted by atomic mass is 32.2. The molecule has 49 heavy (non-hydrogen) atoms. The van der Waals surface area contributed by atoms with Gasteiger partial charge in [0.2, 0.25) is 0 Å². The van der Waals surface area contributed by atoms with Crippen LogP contribution in [0.1, 0.15) is 29.5 Å². The predicted molar refractivity (Wildman–Crippen MR) is 154 cm³/mol. The van der Waals surface area contributed by atoms with Crippen molar-refractivity contribution in [3.8, 4) is 6.07 Å². The quantitative estimate of drug-likeness (QED) is 0.210. The molecule has 0 aromatic heterocycles. The fraction of sp³-hybridized carbons (Fsp3) is 0.406. The van der Waals surface area contributed by atoms with Crippen molar-refractivity contribution >= 4 is 9.84 Å². The summed E-state index contributed by atoms with van der Waals surface area (Å²) >= 11 is 0. The van der Waals surface area contributed by atoms with E-state index in [2.05, 4.69) is 10.8 Å². The van der Waals surface area contributed by atoms with Crippen LogP contribution in [0.3, 0.4) is 0 Å². The lowest BCUT2D eigenvalue weighted by Gasteiger charge is -2.38. The molecule has 3 atom stereocenters. The van der Waals surface area contributed by atoms with E-state index in [0.29, 0.717) is 37.2 Å². The van der Waals surface area contributed by atoms with Gasteiger partial charge < -0.3 is 9.84 Å². The van der Waals surface area contributed by atoms with Gasteiger partial charge in [-0.3, -0.25) is 9.80 Å². The van der Waals surface area contributed by atoms with Crippen molar-refractivity contribution in [3.63, 3.8) is 0 Å². The van der Waals surface area contributed by atoms with Gasteiger partial charge in [0.15, 0.2) is 16.2 Å². The molecule has 0 amide bonds. The van der Waals surface area contributed by atoms with Gasteiger partial charge in [0.05, 0.1) is 23.5 Å². The van der Waals surface area contributed by atoms with Crippen molar-refractivity contribution in [2.75, 3.05) is 26.2 Å². The summed E-state index contributed by atoms with van der Waals surface area (Å²) in [6.45, 7) is -1.86. The van der Waals surface area contributed by atoms with Crippen LogP contribution >= 0.6 is 0 Å². The first kappa shape index (κ1) is 36.6. The van der Waals surface area contributed by atoms with Crippen LogP contribution in [0, 0.1) is 34.7 Å². The number of benzene rings is 3. The molecule has 5 rings (SSSR count). The minimum Gasteiger partial charge on any atom is -0.365 e. The maximum atomic E-state index is 14.5. The van der Waals surface area contributed by atoms with Gasteiger partial charge in [-0.25, -0.2) is 21.6 Å². The zero-order chi connectivity index (χ0) is 36.0. The van der Waals surface area contributed by atoms with Gasteiger partial charge >= 0.3 is 12.4 Å². The molecule has 7 nitrogen and oxygen atoms in total. The SMILES string of the molecule is N#C[C@H]1CCN(C(O)N2CC[C@](c3ccc(C(OCc4c(F)cccc4F)(C(F)(F)F)C(F)(F)F)cc3)(S(=O)(=O)c3ccc(F)cc3)C2)C1. The van der Waals surface area contributed by atoms with E-state index < -0.39 is 91.4 Å². The zero-order valence-electron chi connectivity index (χ0n) is 25.3. The van der Waals surface area contributed by atoms with Gasteiger partial charge in [-0.2, -0.15) is 31.6 Å². The fourth-order valence-corrected chi connectivity index (χ4v) is 8.47. The van der Waals surface area contributed by atoms with Crippen LogP contribution in [0.15, 0.2) is 71.6 Å². The van der Waals surface area contributed by atoms with Gasteiger partial charge in [-0.1, -0.05) is 30.3 Å². The minimum absolute atomic E-state index is 0.0938. The fourth-order valence-electron chi connectivity index (χ4n) is 6.38. The molecule has 2 aliphatic heterocycles. The molecule has 0 saturated carbocycles. The Morgan fingerprint density at radius 1 is 0.898 bits per heavy atom. The molecule has 0 bridgehead atoms. The Bertz CT molecular complexity index is 1780. The Kier molecular flexibility index (Phi) is 9.87. The molecule has 3 aromatic rings. The van der Waals surface area contributed by atoms with Crippen molar-refractivity contribution in [1.82, 2.24) is 9.80 Å². The summed E-state index contributed by atoms with van der Waals surface area (Å²) in [7, 11) is -4.59. The van der Waals surface area contributed by atoms with Crippen LogP contribution in [0.2, 0.25) is 0 Å². The average Bonchev–Trinajstić information content (AvgIpc) is 3.71. The third kappa shape index (κ3) is 6.40. The van der Waals surface area contributed by atoms with Gasteiger partial charge in [0.25, 0.3) is 5.60 Å². The average molecular weight is 722 g/mol. The zero-order valence-corrected chi connectivity index (χ0v) is 26.1. The number of nitrogens with zero attached hydrogens (tertiary/aromatic N) is 3. The second-order valence-corrected chi connectivity index (χ2v) is 14.1. The summed E-state index contributed by atoms with van der Waals surface area (Å²) in [6, 6.07) is 10.2. The standard InChI is InChI=1S/C32H28F9N3O4S/c33-23-8-10-24(11-9-23)49(46,47)29(13-15-44(19-29)28(45)43-14-12-20(16-42)17-43)21-4-6-22(7-5-21)30(31(36,37)38,32(39,40)41)48-18-25-26(34)2-1-3-27(25)35/h1-11,20,28,45H,12-15,17-19H2/t20-,28?,29+/m1/s1. The van der Waals surface area contributed by atoms with Gasteiger partial charge in [-0.15, -0.1) is 0 Å². The normalized spacial score (nSPS) is 21.9. The summed E-state index contributed by atoms with van der Waals surface area (Å²) in [6.07, 6.45) is -13.7. The molecule has 3 aromatic carbocycles. The third-order valence-electron chi connectivity index (χ3n) is 9.07. The molecule has 0 radical (unpaired) electrons. The van der Waals surface area contributed by atoms with Crippen molar-refractivity contribution < 1.29 is 57.8 Å². The number of likely N-dealkylation sites (tertiary alicyclic amines) is 2. The summed E-state index contributed by atoms with van der Waals surface area (Å²) in [5.74, 6) is -4.04. The van der Waals surface area contributed by atoms with E-state index in [1.165, 1.54) is 9.80 Å². The summed E-state index contributed by atoms with van der Waals surface area (Å²) in [5.41, 5.74) is -8.06. The van der Waals surface area contributed by atoms with E-state index in [1.807, 2.05) is 0 Å². The van der Waals surface area contributed by atoms with Gasteiger partial charge in [0.1, 0.15) is 22.2 Å². The first-order valence-corrected chi connectivity index (χ1v) is 16.2. The Hall–Kier alpha value is -3.69. The molecule has 2 saturated heterocycles. The number of aliphatic hydroxyl groups excluding tert-OH is 1. The van der Waals surface area contributed by atoms with Crippen LogP contribution in [0.5, 0.6) is 0 Å². The highest BCUT2D eigenvalue weighted by molar-refractivity contribution is 7.92. The molecule has 2 fully saturated rings. The van der Waals surface area contributed by atoms with Crippen molar-refractivity contribution in [1.29, 1.82) is 5.26 Å². The lowest BCUT2D eigenvalue weighted by atomic mass is 9.88. The minimum atomic E-state index is -6.22. The summed E-state index contributed by atoms with van der Waals surface area (Å²) < 4.78 is 160. The van der Waals surface area contributed by atoms with E-state index in [1.54, 1.807) is 0 Å². The van der Waals surface area contributed by atoms with Crippen molar-refractivity contribution in [3.05, 3.63) is 101 Å². The van der Waals surface area contributed by atoms with Crippen LogP contribution in [-0.4, -0.2) is 68.2 Å². The second-order valence-electron chi connectivity index (χ2n) is 11.9. The number of sulfone groups is 1. The first-order valence-electron chi connectivity index (χ1n) is 14.8. The number of aliphatic hydroxyl groups is 1. The smallest absolute Gasteiger partial charge is 0.365 e. The van der Waals surface area contributed by atoms with Crippen LogP contribution in [-0.2, 0) is 31.5 Å². The number of halogens is 9. The molecule has 0 aliphatic carbocycles. The molecular weight excluding hydrogens is 693 g/mol. The van der Waals surface area contributed by atoms with Crippen LogP contribution < -0.4 is 0 Å². The number of ether oxygens (including phenoxy) is 1. The summed E-state index contributed by atoms with van der Waals surface area (Å²) in [4.78, 5) is 2.50.